The van der Waals surface area contributed by atoms with Crippen LogP contribution in [0.15, 0.2) is 27.8 Å². The molecule has 5 nitrogen and oxygen atoms in total. The first-order chi connectivity index (χ1) is 8.09. The highest BCUT2D eigenvalue weighted by Gasteiger charge is 2.07. The Labute approximate surface area is 97.9 Å². The van der Waals surface area contributed by atoms with Crippen molar-refractivity contribution in [2.45, 2.75) is 13.8 Å². The first-order valence-corrected chi connectivity index (χ1v) is 5.57. The minimum atomic E-state index is -0.286. The minimum Gasteiger partial charge on any atom is -0.384 e. The minimum absolute atomic E-state index is 0.284. The Morgan fingerprint density at radius 3 is 2.59 bits per heavy atom. The van der Waals surface area contributed by atoms with Gasteiger partial charge in [-0.05, 0) is 18.1 Å². The van der Waals surface area contributed by atoms with Gasteiger partial charge < -0.3 is 5.32 Å². The van der Waals surface area contributed by atoms with Crippen molar-refractivity contribution in [3.05, 3.63) is 38.9 Å². The van der Waals surface area contributed by atoms with Gasteiger partial charge in [-0.2, -0.15) is 0 Å². The predicted molar refractivity (Wildman–Crippen MR) is 68.5 cm³/mol. The summed E-state index contributed by atoms with van der Waals surface area (Å²) in [6.45, 7) is 4.91. The molecular weight excluding hydrogens is 218 g/mol. The Balaban J connectivity index is 2.60. The Hall–Kier alpha value is -2.04. The van der Waals surface area contributed by atoms with E-state index in [4.69, 9.17) is 0 Å². The molecule has 2 aromatic rings. The molecule has 0 saturated heterocycles. The van der Waals surface area contributed by atoms with Gasteiger partial charge in [0.15, 0.2) is 0 Å². The molecule has 1 aromatic heterocycles. The Morgan fingerprint density at radius 1 is 1.18 bits per heavy atom. The summed E-state index contributed by atoms with van der Waals surface area (Å²) in [4.78, 5) is 23.3. The van der Waals surface area contributed by atoms with Gasteiger partial charge in [0, 0.05) is 12.2 Å². The van der Waals surface area contributed by atoms with E-state index in [9.17, 15) is 9.59 Å². The number of aromatic nitrogens is 2. The fraction of sp³-hybridized carbons (Fsp3) is 0.333. The number of hydrogen-bond donors (Lipinski definition) is 3. The molecule has 1 aromatic carbocycles. The summed E-state index contributed by atoms with van der Waals surface area (Å²) in [6, 6.07) is 5.21. The van der Waals surface area contributed by atoms with Crippen molar-refractivity contribution in [3.8, 4) is 0 Å². The second-order valence-corrected chi connectivity index (χ2v) is 4.41. The monoisotopic (exact) mass is 233 g/mol. The summed E-state index contributed by atoms with van der Waals surface area (Å²) in [7, 11) is 0. The SMILES string of the molecule is CC(C)CNc1cccc2c(=O)[nH][nH]c(=O)c12. The maximum atomic E-state index is 11.7. The van der Waals surface area contributed by atoms with Crippen molar-refractivity contribution in [1.29, 1.82) is 0 Å². The molecule has 1 heterocycles. The van der Waals surface area contributed by atoms with Crippen LogP contribution in [0.4, 0.5) is 5.69 Å². The highest BCUT2D eigenvalue weighted by molar-refractivity contribution is 5.92. The molecule has 0 amide bonds. The second-order valence-electron chi connectivity index (χ2n) is 4.41. The van der Waals surface area contributed by atoms with E-state index in [0.29, 0.717) is 22.4 Å². The molecule has 2 rings (SSSR count). The molecule has 90 valence electrons. The van der Waals surface area contributed by atoms with E-state index >= 15 is 0 Å². The van der Waals surface area contributed by atoms with Crippen LogP contribution in [-0.2, 0) is 0 Å². The first kappa shape index (κ1) is 11.4. The number of anilines is 1. The average Bonchev–Trinajstić information content (AvgIpc) is 2.31. The topological polar surface area (TPSA) is 77.8 Å². The van der Waals surface area contributed by atoms with E-state index < -0.39 is 0 Å². The maximum absolute atomic E-state index is 11.7. The largest absolute Gasteiger partial charge is 0.384 e. The molecule has 0 atom stereocenters. The second kappa shape index (κ2) is 4.45. The van der Waals surface area contributed by atoms with Crippen LogP contribution >= 0.6 is 0 Å². The summed E-state index contributed by atoms with van der Waals surface area (Å²) in [6.07, 6.45) is 0. The maximum Gasteiger partial charge on any atom is 0.272 e. The lowest BCUT2D eigenvalue weighted by Gasteiger charge is -2.10. The van der Waals surface area contributed by atoms with Crippen LogP contribution in [0.3, 0.4) is 0 Å². The quantitative estimate of drug-likeness (QED) is 0.747. The highest BCUT2D eigenvalue weighted by Crippen LogP contribution is 2.16. The molecule has 0 aliphatic heterocycles. The lowest BCUT2D eigenvalue weighted by molar-refractivity contribution is 0.689. The molecule has 17 heavy (non-hydrogen) atoms. The number of fused-ring (bicyclic) bond motifs is 1. The fourth-order valence-corrected chi connectivity index (χ4v) is 1.69. The van der Waals surface area contributed by atoms with Crippen molar-refractivity contribution < 1.29 is 0 Å². The molecule has 0 aliphatic carbocycles. The molecule has 0 unspecified atom stereocenters. The van der Waals surface area contributed by atoms with Gasteiger partial charge >= 0.3 is 0 Å². The summed E-state index contributed by atoms with van der Waals surface area (Å²) < 4.78 is 0. The molecule has 0 spiro atoms. The van der Waals surface area contributed by atoms with E-state index in [1.54, 1.807) is 18.2 Å². The summed E-state index contributed by atoms with van der Waals surface area (Å²) in [5.74, 6) is 0.464. The van der Waals surface area contributed by atoms with Crippen LogP contribution in [0, 0.1) is 5.92 Å². The number of hydrogen-bond acceptors (Lipinski definition) is 3. The van der Waals surface area contributed by atoms with Crippen molar-refractivity contribution in [2.24, 2.45) is 5.92 Å². The third-order valence-electron chi connectivity index (χ3n) is 2.53. The normalized spacial score (nSPS) is 11.0. The van der Waals surface area contributed by atoms with Gasteiger partial charge in [-0.1, -0.05) is 19.9 Å². The van der Waals surface area contributed by atoms with Gasteiger partial charge in [-0.3, -0.25) is 19.8 Å². The van der Waals surface area contributed by atoms with Crippen molar-refractivity contribution in [3.63, 3.8) is 0 Å². The molecule has 3 N–H and O–H groups in total. The Bertz CT molecular complexity index is 640. The van der Waals surface area contributed by atoms with Gasteiger partial charge in [-0.15, -0.1) is 0 Å². The van der Waals surface area contributed by atoms with Crippen molar-refractivity contribution >= 4 is 16.5 Å². The standard InChI is InChI=1S/C12H15N3O2/c1-7(2)6-13-9-5-3-4-8-10(9)12(17)15-14-11(8)16/h3-5,7,13H,6H2,1-2H3,(H,14,16)(H,15,17). The Kier molecular flexibility index (Phi) is 2.99. The van der Waals surface area contributed by atoms with E-state index in [1.807, 2.05) is 0 Å². The third-order valence-corrected chi connectivity index (χ3v) is 2.53. The number of benzene rings is 1. The van der Waals surface area contributed by atoms with Crippen LogP contribution in [0.5, 0.6) is 0 Å². The molecular formula is C12H15N3O2. The van der Waals surface area contributed by atoms with E-state index in [2.05, 4.69) is 29.4 Å². The van der Waals surface area contributed by atoms with Crippen LogP contribution in [0.1, 0.15) is 13.8 Å². The lowest BCUT2D eigenvalue weighted by Crippen LogP contribution is -2.20. The van der Waals surface area contributed by atoms with E-state index in [0.717, 1.165) is 6.54 Å². The molecule has 0 bridgehead atoms. The van der Waals surface area contributed by atoms with Crippen LogP contribution in [-0.4, -0.2) is 16.7 Å². The summed E-state index contributed by atoms with van der Waals surface area (Å²) in [5.41, 5.74) is 0.128. The van der Waals surface area contributed by atoms with Gasteiger partial charge in [0.2, 0.25) is 0 Å². The zero-order chi connectivity index (χ0) is 12.4. The first-order valence-electron chi connectivity index (χ1n) is 5.57. The predicted octanol–water partition coefficient (Wildman–Crippen LogP) is 1.28. The van der Waals surface area contributed by atoms with Gasteiger partial charge in [0.1, 0.15) is 0 Å². The molecule has 5 heteroatoms. The van der Waals surface area contributed by atoms with Gasteiger partial charge in [0.05, 0.1) is 10.8 Å². The lowest BCUT2D eigenvalue weighted by atomic mass is 10.1. The smallest absolute Gasteiger partial charge is 0.272 e. The van der Waals surface area contributed by atoms with Crippen molar-refractivity contribution in [2.75, 3.05) is 11.9 Å². The molecule has 0 fully saturated rings. The molecule has 0 radical (unpaired) electrons. The highest BCUT2D eigenvalue weighted by atomic mass is 16.1. The molecule has 0 aliphatic rings. The van der Waals surface area contributed by atoms with Crippen LogP contribution in [0.2, 0.25) is 0 Å². The molecule has 0 saturated carbocycles. The Morgan fingerprint density at radius 2 is 1.88 bits per heavy atom. The number of aromatic amines is 2. The number of nitrogens with one attached hydrogen (secondary N) is 3. The van der Waals surface area contributed by atoms with Crippen molar-refractivity contribution in [1.82, 2.24) is 10.2 Å². The van der Waals surface area contributed by atoms with Crippen LogP contribution in [0.25, 0.3) is 10.8 Å². The fourth-order valence-electron chi connectivity index (χ4n) is 1.69. The zero-order valence-electron chi connectivity index (χ0n) is 9.83. The van der Waals surface area contributed by atoms with Gasteiger partial charge in [-0.25, -0.2) is 0 Å². The van der Waals surface area contributed by atoms with Gasteiger partial charge in [0.25, 0.3) is 11.1 Å². The average molecular weight is 233 g/mol. The number of H-pyrrole nitrogens is 2. The van der Waals surface area contributed by atoms with E-state index in [1.165, 1.54) is 0 Å². The summed E-state index contributed by atoms with van der Waals surface area (Å²) >= 11 is 0. The van der Waals surface area contributed by atoms with E-state index in [-0.39, 0.29) is 11.1 Å². The van der Waals surface area contributed by atoms with Crippen LogP contribution < -0.4 is 16.4 Å². The zero-order valence-corrected chi connectivity index (χ0v) is 9.83. The summed E-state index contributed by atoms with van der Waals surface area (Å²) in [5, 5.41) is 8.65. The third kappa shape index (κ3) is 2.22. The number of rotatable bonds is 3.